The average molecular weight is 357 g/mol. The number of hydrogen-bond donors (Lipinski definition) is 3. The summed E-state index contributed by atoms with van der Waals surface area (Å²) in [5.74, 6) is -0.849. The van der Waals surface area contributed by atoms with Crippen LogP contribution in [0.1, 0.15) is 48.7 Å². The third-order valence-electron chi connectivity index (χ3n) is 4.38. The summed E-state index contributed by atoms with van der Waals surface area (Å²) in [5, 5.41) is 5.39. The van der Waals surface area contributed by atoms with Crippen molar-refractivity contribution in [1.82, 2.24) is 5.32 Å². The van der Waals surface area contributed by atoms with Crippen molar-refractivity contribution in [2.45, 2.75) is 33.1 Å². The number of anilines is 1. The minimum Gasteiger partial charge on any atom is -0.351 e. The Labute approximate surface area is 149 Å². The summed E-state index contributed by atoms with van der Waals surface area (Å²) in [5.41, 5.74) is 8.97. The van der Waals surface area contributed by atoms with E-state index in [-0.39, 0.29) is 5.91 Å². The molecule has 1 aliphatic rings. The van der Waals surface area contributed by atoms with Gasteiger partial charge in [0, 0.05) is 10.4 Å². The van der Waals surface area contributed by atoms with Crippen molar-refractivity contribution in [3.63, 3.8) is 0 Å². The number of rotatable bonds is 3. The topological polar surface area (TPSA) is 101 Å². The SMILES string of the molecule is Cc1ccc(C(=O)Nc2sc3c(c2C(=O)NC(N)=O)CCC3)cc1C. The van der Waals surface area contributed by atoms with Crippen molar-refractivity contribution in [3.05, 3.63) is 50.9 Å². The quantitative estimate of drug-likeness (QED) is 0.787. The first-order valence-corrected chi connectivity index (χ1v) is 8.82. The molecule has 0 aliphatic heterocycles. The van der Waals surface area contributed by atoms with Gasteiger partial charge >= 0.3 is 6.03 Å². The predicted octanol–water partition coefficient (Wildman–Crippen LogP) is 2.91. The van der Waals surface area contributed by atoms with Crippen molar-refractivity contribution < 1.29 is 14.4 Å². The minimum absolute atomic E-state index is 0.281. The van der Waals surface area contributed by atoms with E-state index in [9.17, 15) is 14.4 Å². The van der Waals surface area contributed by atoms with Crippen molar-refractivity contribution in [2.24, 2.45) is 5.73 Å². The van der Waals surface area contributed by atoms with Crippen molar-refractivity contribution in [3.8, 4) is 0 Å². The standard InChI is InChI=1S/C18H19N3O3S/c1-9-6-7-11(8-10(9)2)15(22)20-17-14(16(23)21-18(19)24)12-4-3-5-13(12)25-17/h6-8H,3-5H2,1-2H3,(H,20,22)(H3,19,21,23,24). The molecule has 130 valence electrons. The molecule has 0 saturated carbocycles. The number of imide groups is 1. The molecule has 0 atom stereocenters. The minimum atomic E-state index is -0.908. The molecule has 0 unspecified atom stereocenters. The molecule has 1 aliphatic carbocycles. The van der Waals surface area contributed by atoms with Gasteiger partial charge in [-0.1, -0.05) is 6.07 Å². The first kappa shape index (κ1) is 17.2. The Morgan fingerprint density at radius 1 is 1.08 bits per heavy atom. The van der Waals surface area contributed by atoms with E-state index >= 15 is 0 Å². The van der Waals surface area contributed by atoms with E-state index in [0.29, 0.717) is 16.1 Å². The first-order chi connectivity index (χ1) is 11.9. The third kappa shape index (κ3) is 3.41. The fourth-order valence-corrected chi connectivity index (χ4v) is 4.25. The van der Waals surface area contributed by atoms with Crippen molar-refractivity contribution in [2.75, 3.05) is 5.32 Å². The van der Waals surface area contributed by atoms with Gasteiger partial charge in [0.1, 0.15) is 5.00 Å². The summed E-state index contributed by atoms with van der Waals surface area (Å²) in [6.07, 6.45) is 2.59. The second kappa shape index (κ2) is 6.68. The molecule has 6 nitrogen and oxygen atoms in total. The summed E-state index contributed by atoms with van der Waals surface area (Å²) < 4.78 is 0. The summed E-state index contributed by atoms with van der Waals surface area (Å²) >= 11 is 1.39. The lowest BCUT2D eigenvalue weighted by Crippen LogP contribution is -2.35. The molecular formula is C18H19N3O3S. The van der Waals surface area contributed by atoms with Gasteiger partial charge in [0.2, 0.25) is 0 Å². The second-order valence-corrected chi connectivity index (χ2v) is 7.24. The fourth-order valence-electron chi connectivity index (χ4n) is 2.96. The Hall–Kier alpha value is -2.67. The van der Waals surface area contributed by atoms with Crippen LogP contribution < -0.4 is 16.4 Å². The molecule has 7 heteroatoms. The zero-order valence-corrected chi connectivity index (χ0v) is 14.9. The maximum atomic E-state index is 12.6. The van der Waals surface area contributed by atoms with Crippen LogP contribution >= 0.6 is 11.3 Å². The van der Waals surface area contributed by atoms with Crippen molar-refractivity contribution >= 4 is 34.2 Å². The highest BCUT2D eigenvalue weighted by atomic mass is 32.1. The highest BCUT2D eigenvalue weighted by Crippen LogP contribution is 2.39. The number of urea groups is 1. The third-order valence-corrected chi connectivity index (χ3v) is 5.59. The maximum absolute atomic E-state index is 12.6. The number of nitrogens with two attached hydrogens (primary N) is 1. The van der Waals surface area contributed by atoms with Gasteiger partial charge in [-0.05, 0) is 61.9 Å². The number of benzene rings is 1. The number of primary amides is 1. The summed E-state index contributed by atoms with van der Waals surface area (Å²) in [7, 11) is 0. The number of carbonyl (C=O) groups is 3. The Morgan fingerprint density at radius 2 is 1.84 bits per heavy atom. The molecule has 0 radical (unpaired) electrons. The van der Waals surface area contributed by atoms with E-state index in [2.05, 4.69) is 10.6 Å². The molecule has 4 N–H and O–H groups in total. The maximum Gasteiger partial charge on any atom is 0.319 e. The Kier molecular flexibility index (Phi) is 4.59. The van der Waals surface area contributed by atoms with Crippen LogP contribution in [0.25, 0.3) is 0 Å². The van der Waals surface area contributed by atoms with Gasteiger partial charge in [0.15, 0.2) is 0 Å². The van der Waals surface area contributed by atoms with E-state index in [1.54, 1.807) is 6.07 Å². The summed E-state index contributed by atoms with van der Waals surface area (Å²) in [6.45, 7) is 3.92. The second-order valence-electron chi connectivity index (χ2n) is 6.13. The number of thiophene rings is 1. The normalized spacial score (nSPS) is 12.6. The number of nitrogens with one attached hydrogen (secondary N) is 2. The lowest BCUT2D eigenvalue weighted by molar-refractivity contribution is 0.0966. The summed E-state index contributed by atoms with van der Waals surface area (Å²) in [6, 6.07) is 4.55. The van der Waals surface area contributed by atoms with Gasteiger partial charge in [-0.15, -0.1) is 11.3 Å². The van der Waals surface area contributed by atoms with Crippen molar-refractivity contribution in [1.29, 1.82) is 0 Å². The number of hydrogen-bond acceptors (Lipinski definition) is 4. The smallest absolute Gasteiger partial charge is 0.319 e. The summed E-state index contributed by atoms with van der Waals surface area (Å²) in [4.78, 5) is 37.0. The Balaban J connectivity index is 1.92. The number of aryl methyl sites for hydroxylation is 3. The monoisotopic (exact) mass is 357 g/mol. The van der Waals surface area contributed by atoms with Crippen LogP contribution in [-0.2, 0) is 12.8 Å². The number of fused-ring (bicyclic) bond motifs is 1. The van der Waals surface area contributed by atoms with Gasteiger partial charge in [0.25, 0.3) is 11.8 Å². The van der Waals surface area contributed by atoms with E-state index < -0.39 is 11.9 Å². The van der Waals surface area contributed by atoms with Crippen LogP contribution in [0.2, 0.25) is 0 Å². The average Bonchev–Trinajstić information content (AvgIpc) is 3.09. The van der Waals surface area contributed by atoms with E-state index in [1.165, 1.54) is 11.3 Å². The molecular weight excluding hydrogens is 338 g/mol. The molecule has 1 aromatic heterocycles. The van der Waals surface area contributed by atoms with Crippen LogP contribution in [0.3, 0.4) is 0 Å². The Bertz CT molecular complexity index is 886. The molecule has 25 heavy (non-hydrogen) atoms. The largest absolute Gasteiger partial charge is 0.351 e. The first-order valence-electron chi connectivity index (χ1n) is 8.00. The lowest BCUT2D eigenvalue weighted by atomic mass is 10.1. The molecule has 2 aromatic rings. The molecule has 4 amide bonds. The van der Waals surface area contributed by atoms with E-state index in [4.69, 9.17) is 5.73 Å². The highest BCUT2D eigenvalue weighted by Gasteiger charge is 2.28. The van der Waals surface area contributed by atoms with E-state index in [1.807, 2.05) is 26.0 Å². The van der Waals surface area contributed by atoms with Crippen LogP contribution in [0.15, 0.2) is 18.2 Å². The van der Waals surface area contributed by atoms with Gasteiger partial charge in [-0.25, -0.2) is 4.79 Å². The molecule has 0 fully saturated rings. The van der Waals surface area contributed by atoms with Gasteiger partial charge in [0.05, 0.1) is 5.56 Å². The molecule has 1 aromatic carbocycles. The van der Waals surface area contributed by atoms with Gasteiger partial charge in [-0.2, -0.15) is 0 Å². The van der Waals surface area contributed by atoms with Crippen LogP contribution in [0, 0.1) is 13.8 Å². The van der Waals surface area contributed by atoms with Crippen LogP contribution in [-0.4, -0.2) is 17.8 Å². The highest BCUT2D eigenvalue weighted by molar-refractivity contribution is 7.17. The lowest BCUT2D eigenvalue weighted by Gasteiger charge is -2.09. The zero-order chi connectivity index (χ0) is 18.1. The Morgan fingerprint density at radius 3 is 2.52 bits per heavy atom. The van der Waals surface area contributed by atoms with E-state index in [0.717, 1.165) is 40.8 Å². The molecule has 0 spiro atoms. The van der Waals surface area contributed by atoms with Gasteiger partial charge in [-0.3, -0.25) is 14.9 Å². The molecule has 0 bridgehead atoms. The molecule has 1 heterocycles. The molecule has 0 saturated heterocycles. The number of carbonyl (C=O) groups excluding carboxylic acids is 3. The van der Waals surface area contributed by atoms with Crippen LogP contribution in [0.5, 0.6) is 0 Å². The molecule has 3 rings (SSSR count). The number of amides is 4. The zero-order valence-electron chi connectivity index (χ0n) is 14.1. The fraction of sp³-hybridized carbons (Fsp3) is 0.278. The van der Waals surface area contributed by atoms with Gasteiger partial charge < -0.3 is 11.1 Å². The van der Waals surface area contributed by atoms with Crippen LogP contribution in [0.4, 0.5) is 9.80 Å². The predicted molar refractivity (Wildman–Crippen MR) is 97.3 cm³/mol.